The van der Waals surface area contributed by atoms with E-state index in [0.29, 0.717) is 0 Å². The lowest BCUT2D eigenvalue weighted by Gasteiger charge is -2.43. The monoisotopic (exact) mass is 639 g/mol. The first-order valence-electron chi connectivity index (χ1n) is 13.9. The maximum absolute atomic E-state index is 11.6. The molecule has 0 aliphatic carbocycles. The van der Waals surface area contributed by atoms with E-state index in [-0.39, 0.29) is 34.1 Å². The predicted molar refractivity (Wildman–Crippen MR) is 148 cm³/mol. The lowest BCUT2D eigenvalue weighted by molar-refractivity contribution is -0.326. The molecule has 0 bridgehead atoms. The first-order chi connectivity index (χ1) is 21.2. The van der Waals surface area contributed by atoms with Crippen molar-refractivity contribution in [1.82, 2.24) is 0 Å². The minimum Gasteiger partial charge on any atom is -0.571 e. The number of phenolic OH excluding ortho intramolecular Hbond substituents is 4. The van der Waals surface area contributed by atoms with Crippen LogP contribution in [0, 0.1) is 0 Å². The number of hydrogen-bond acceptors (Lipinski definition) is 15. The van der Waals surface area contributed by atoms with Gasteiger partial charge in [0.05, 0.1) is 24.3 Å². The molecule has 3 heterocycles. The zero-order valence-corrected chi connectivity index (χ0v) is 23.9. The molecule has 45 heavy (non-hydrogen) atoms. The number of carbonyl (C=O) groups is 1. The van der Waals surface area contributed by atoms with Gasteiger partial charge in [-0.25, -0.2) is 0 Å². The third-order valence-corrected chi connectivity index (χ3v) is 7.69. The van der Waals surface area contributed by atoms with E-state index in [1.165, 1.54) is 37.3 Å². The van der Waals surface area contributed by atoms with Crippen molar-refractivity contribution in [3.63, 3.8) is 0 Å². The van der Waals surface area contributed by atoms with E-state index < -0.39 is 91.6 Å². The number of benzene rings is 2. The number of rotatable bonds is 7. The fraction of sp³-hybridized carbons (Fsp3) is 0.483. The maximum atomic E-state index is 11.6. The quantitative estimate of drug-likeness (QED) is 0.101. The molecule has 5 rings (SSSR count). The number of hydrogen-bond donors (Lipinski definition) is 9. The second-order valence-electron chi connectivity index (χ2n) is 11.0. The van der Waals surface area contributed by atoms with Gasteiger partial charge in [0.1, 0.15) is 53.7 Å². The molecule has 3 aliphatic rings. The highest BCUT2D eigenvalue weighted by molar-refractivity contribution is 5.69. The Bertz CT molecular complexity index is 1430. The molecule has 246 valence electrons. The first-order valence-corrected chi connectivity index (χ1v) is 13.9. The largest absolute Gasteiger partial charge is 0.571 e. The molecule has 2 aromatic rings. The van der Waals surface area contributed by atoms with Gasteiger partial charge >= 0.3 is 5.97 Å². The van der Waals surface area contributed by atoms with Crippen LogP contribution in [0.4, 0.5) is 0 Å². The first kappa shape index (κ1) is 32.5. The molecule has 16 heteroatoms. The van der Waals surface area contributed by atoms with E-state index in [0.717, 1.165) is 13.0 Å². The van der Waals surface area contributed by atoms with Crippen LogP contribution in [0.1, 0.15) is 31.1 Å². The highest BCUT2D eigenvalue weighted by Crippen LogP contribution is 2.46. The fourth-order valence-electron chi connectivity index (χ4n) is 5.26. The molecule has 0 amide bonds. The van der Waals surface area contributed by atoms with Crippen LogP contribution in [0.2, 0.25) is 0 Å². The SMILES string of the molecule is CC(=O)OC1C(OCC2OC(OC3=Cc4c(O)cc(O)cc4[OH+]C3c3ccc(O)c(O)c3)C(O)C(O)C2O)OC(C)C(O)C1O. The number of aromatic hydroxyl groups is 5. The van der Waals surface area contributed by atoms with Gasteiger partial charge in [0.25, 0.3) is 11.9 Å². The molecule has 10 N–H and O–H groups in total. The van der Waals surface area contributed by atoms with Crippen LogP contribution in [0.25, 0.3) is 6.08 Å². The standard InChI is InChI=1S/C29H34O16/c1-10-21(35)24(38)27(42-11(2)30)29(41-10)40-9-20-22(36)23(37)25(39)28(45-20)44-19-8-14-16(33)6-13(31)7-18(14)43-26(19)12-3-4-15(32)17(34)5-12/h3-8,10,20-29,31-39H,9H2,1-2H3/p+1. The summed E-state index contributed by atoms with van der Waals surface area (Å²) in [7, 11) is 0. The molecule has 11 unspecified atom stereocenters. The smallest absolute Gasteiger partial charge is 0.303 e. The molecule has 0 radical (unpaired) electrons. The van der Waals surface area contributed by atoms with Crippen molar-refractivity contribution >= 4 is 12.0 Å². The summed E-state index contributed by atoms with van der Waals surface area (Å²) in [4.78, 5) is 11.6. The Morgan fingerprint density at radius 2 is 1.58 bits per heavy atom. The summed E-state index contributed by atoms with van der Waals surface area (Å²) in [6.45, 7) is 2.00. The van der Waals surface area contributed by atoms with Crippen molar-refractivity contribution < 1.29 is 79.2 Å². The molecule has 2 aromatic carbocycles. The van der Waals surface area contributed by atoms with Crippen LogP contribution in [-0.4, -0.2) is 125 Å². The lowest BCUT2D eigenvalue weighted by atomic mass is 9.98. The van der Waals surface area contributed by atoms with Gasteiger partial charge in [-0.05, 0) is 25.1 Å². The molecular formula is C29H35O16+. The van der Waals surface area contributed by atoms with Crippen molar-refractivity contribution in [1.29, 1.82) is 0 Å². The van der Waals surface area contributed by atoms with Crippen LogP contribution in [0.3, 0.4) is 0 Å². The number of aliphatic hydroxyl groups excluding tert-OH is 5. The third-order valence-electron chi connectivity index (χ3n) is 7.69. The highest BCUT2D eigenvalue weighted by atomic mass is 16.7. The van der Waals surface area contributed by atoms with E-state index in [2.05, 4.69) is 4.74 Å². The minimum absolute atomic E-state index is 0.0580. The van der Waals surface area contributed by atoms with E-state index >= 15 is 0 Å². The van der Waals surface area contributed by atoms with Gasteiger partial charge < -0.3 is 74.4 Å². The van der Waals surface area contributed by atoms with Crippen molar-refractivity contribution in [2.45, 2.75) is 81.4 Å². The second kappa shape index (κ2) is 12.9. The molecule has 2 saturated heterocycles. The van der Waals surface area contributed by atoms with Crippen molar-refractivity contribution in [2.24, 2.45) is 0 Å². The Hall–Kier alpha value is -3.87. The van der Waals surface area contributed by atoms with Crippen LogP contribution in [0.5, 0.6) is 28.7 Å². The number of phenols is 4. The summed E-state index contributed by atoms with van der Waals surface area (Å²) < 4.78 is 32.5. The van der Waals surface area contributed by atoms with Crippen molar-refractivity contribution in [3.8, 4) is 28.7 Å². The molecule has 2 fully saturated rings. The molecule has 0 aromatic heterocycles. The zero-order valence-electron chi connectivity index (χ0n) is 23.9. The highest BCUT2D eigenvalue weighted by Gasteiger charge is 2.49. The fourth-order valence-corrected chi connectivity index (χ4v) is 5.26. The summed E-state index contributed by atoms with van der Waals surface area (Å²) in [6, 6.07) is 6.19. The second-order valence-corrected chi connectivity index (χ2v) is 11.0. The predicted octanol–water partition coefficient (Wildman–Crippen LogP) is -0.915. The molecule has 16 nitrogen and oxygen atoms in total. The Balaban J connectivity index is 1.39. The Kier molecular flexibility index (Phi) is 9.29. The van der Waals surface area contributed by atoms with Gasteiger partial charge in [0.15, 0.2) is 29.7 Å². The van der Waals surface area contributed by atoms with Gasteiger partial charge in [0.2, 0.25) is 6.29 Å². The van der Waals surface area contributed by atoms with E-state index in [9.17, 15) is 50.8 Å². The molecular weight excluding hydrogens is 604 g/mol. The summed E-state index contributed by atoms with van der Waals surface area (Å²) >= 11 is 0. The van der Waals surface area contributed by atoms with E-state index in [1.807, 2.05) is 0 Å². The molecule has 3 aliphatic heterocycles. The van der Waals surface area contributed by atoms with Gasteiger partial charge in [-0.3, -0.25) is 4.79 Å². The molecule has 0 spiro atoms. The Labute approximate surface area is 255 Å². The summed E-state index contributed by atoms with van der Waals surface area (Å²) in [6.07, 6.45) is -14.9. The Morgan fingerprint density at radius 3 is 2.27 bits per heavy atom. The molecule has 11 atom stereocenters. The number of esters is 1. The molecule has 0 saturated carbocycles. The van der Waals surface area contributed by atoms with Crippen molar-refractivity contribution in [2.75, 3.05) is 6.61 Å². The Morgan fingerprint density at radius 1 is 0.844 bits per heavy atom. The minimum atomic E-state index is -1.82. The van der Waals surface area contributed by atoms with Gasteiger partial charge in [0, 0.05) is 19.1 Å². The van der Waals surface area contributed by atoms with Gasteiger partial charge in [-0.15, -0.1) is 0 Å². The normalized spacial score (nSPS) is 34.6. The maximum Gasteiger partial charge on any atom is 0.303 e. The topological polar surface area (TPSA) is 258 Å². The average molecular weight is 640 g/mol. The summed E-state index contributed by atoms with van der Waals surface area (Å²) in [5, 5.41) is 93.0. The third kappa shape index (κ3) is 6.58. The van der Waals surface area contributed by atoms with Gasteiger partial charge in [-0.1, -0.05) is 0 Å². The number of aliphatic hydroxyl groups is 6. The van der Waals surface area contributed by atoms with E-state index in [1.54, 1.807) is 0 Å². The van der Waals surface area contributed by atoms with E-state index in [4.69, 9.17) is 23.7 Å². The summed E-state index contributed by atoms with van der Waals surface area (Å²) in [5.41, 5.74) is 0.422. The van der Waals surface area contributed by atoms with Crippen LogP contribution in [0.15, 0.2) is 36.1 Å². The summed E-state index contributed by atoms with van der Waals surface area (Å²) in [5.74, 6) is -2.20. The van der Waals surface area contributed by atoms with Crippen molar-refractivity contribution in [3.05, 3.63) is 47.2 Å². The average Bonchev–Trinajstić information content (AvgIpc) is 2.98. The van der Waals surface area contributed by atoms with Crippen LogP contribution in [-0.2, 0) is 28.5 Å². The van der Waals surface area contributed by atoms with Gasteiger partial charge in [-0.2, -0.15) is 0 Å². The lowest BCUT2D eigenvalue weighted by Crippen LogP contribution is -2.61. The number of carbonyl (C=O) groups excluding carboxylic acids is 1. The number of fused-ring (bicyclic) bond motifs is 1. The van der Waals surface area contributed by atoms with Crippen LogP contribution < -0.4 is 0 Å². The number of ether oxygens (including phenoxy) is 6. The van der Waals surface area contributed by atoms with Crippen LogP contribution >= 0.6 is 0 Å². The zero-order chi connectivity index (χ0) is 32.7.